The molecule has 104 valence electrons. The largest absolute Gasteiger partial charge is 0.385 e. The standard InChI is InChI=1S/C14H20N2O3/c1-11-5-6-12(10-14(11)16(17)18)15-8-7-13-4-2-3-9-19-13/h5-6,10,13,15H,2-4,7-9H2,1H3. The molecule has 0 radical (unpaired) electrons. The van der Waals surface area contributed by atoms with Gasteiger partial charge < -0.3 is 10.1 Å². The van der Waals surface area contributed by atoms with Gasteiger partial charge in [-0.05, 0) is 38.7 Å². The van der Waals surface area contributed by atoms with Crippen molar-refractivity contribution in [2.75, 3.05) is 18.5 Å². The Morgan fingerprint density at radius 2 is 2.32 bits per heavy atom. The Hall–Kier alpha value is -1.62. The maximum Gasteiger partial charge on any atom is 0.274 e. The van der Waals surface area contributed by atoms with Gasteiger partial charge in [-0.1, -0.05) is 6.07 Å². The summed E-state index contributed by atoms with van der Waals surface area (Å²) in [5, 5.41) is 14.1. The maximum atomic E-state index is 10.9. The third kappa shape index (κ3) is 3.92. The second-order valence-electron chi connectivity index (χ2n) is 4.96. The van der Waals surface area contributed by atoms with E-state index in [9.17, 15) is 10.1 Å². The highest BCUT2D eigenvalue weighted by molar-refractivity contribution is 5.54. The van der Waals surface area contributed by atoms with Crippen molar-refractivity contribution in [1.29, 1.82) is 0 Å². The highest BCUT2D eigenvalue weighted by Crippen LogP contribution is 2.22. The number of rotatable bonds is 5. The number of nitro groups is 1. The summed E-state index contributed by atoms with van der Waals surface area (Å²) in [5.41, 5.74) is 1.65. The monoisotopic (exact) mass is 264 g/mol. The molecule has 19 heavy (non-hydrogen) atoms. The molecule has 1 heterocycles. The molecule has 5 nitrogen and oxygen atoms in total. The van der Waals surface area contributed by atoms with Crippen LogP contribution < -0.4 is 5.32 Å². The van der Waals surface area contributed by atoms with Crippen LogP contribution in [0.4, 0.5) is 11.4 Å². The second-order valence-corrected chi connectivity index (χ2v) is 4.96. The fraction of sp³-hybridized carbons (Fsp3) is 0.571. The molecule has 1 fully saturated rings. The van der Waals surface area contributed by atoms with Crippen molar-refractivity contribution in [3.8, 4) is 0 Å². The molecule has 1 N–H and O–H groups in total. The molecule has 1 saturated heterocycles. The van der Waals surface area contributed by atoms with Gasteiger partial charge in [0.25, 0.3) is 5.69 Å². The lowest BCUT2D eigenvalue weighted by Gasteiger charge is -2.22. The van der Waals surface area contributed by atoms with E-state index in [1.807, 2.05) is 6.07 Å². The van der Waals surface area contributed by atoms with Crippen molar-refractivity contribution in [3.63, 3.8) is 0 Å². The van der Waals surface area contributed by atoms with E-state index in [0.29, 0.717) is 11.7 Å². The molecule has 0 bridgehead atoms. The van der Waals surface area contributed by atoms with E-state index < -0.39 is 0 Å². The van der Waals surface area contributed by atoms with Gasteiger partial charge in [0.2, 0.25) is 0 Å². The number of aryl methyl sites for hydroxylation is 1. The number of ether oxygens (including phenoxy) is 1. The molecule has 0 aliphatic carbocycles. The predicted molar refractivity (Wildman–Crippen MR) is 74.5 cm³/mol. The van der Waals surface area contributed by atoms with E-state index in [2.05, 4.69) is 5.32 Å². The maximum absolute atomic E-state index is 10.9. The van der Waals surface area contributed by atoms with Crippen LogP contribution in [-0.2, 0) is 4.74 Å². The molecule has 1 aliphatic rings. The topological polar surface area (TPSA) is 64.4 Å². The fourth-order valence-electron chi connectivity index (χ4n) is 2.33. The zero-order valence-corrected chi connectivity index (χ0v) is 11.2. The summed E-state index contributed by atoms with van der Waals surface area (Å²) < 4.78 is 5.65. The number of anilines is 1. The van der Waals surface area contributed by atoms with E-state index in [-0.39, 0.29) is 10.6 Å². The summed E-state index contributed by atoms with van der Waals surface area (Å²) in [7, 11) is 0. The molecular weight excluding hydrogens is 244 g/mol. The minimum atomic E-state index is -0.343. The first-order valence-electron chi connectivity index (χ1n) is 6.77. The Morgan fingerprint density at radius 1 is 1.47 bits per heavy atom. The van der Waals surface area contributed by atoms with Crippen LogP contribution in [0.25, 0.3) is 0 Å². The van der Waals surface area contributed by atoms with Gasteiger partial charge in [0.05, 0.1) is 11.0 Å². The zero-order valence-electron chi connectivity index (χ0n) is 11.2. The van der Waals surface area contributed by atoms with Crippen molar-refractivity contribution in [1.82, 2.24) is 0 Å². The molecule has 0 aromatic heterocycles. The van der Waals surface area contributed by atoms with Gasteiger partial charge in [0, 0.05) is 30.5 Å². The molecule has 1 unspecified atom stereocenters. The van der Waals surface area contributed by atoms with Crippen molar-refractivity contribution in [2.45, 2.75) is 38.7 Å². The first-order chi connectivity index (χ1) is 9.16. The molecule has 1 aromatic carbocycles. The van der Waals surface area contributed by atoms with Crippen molar-refractivity contribution in [2.24, 2.45) is 0 Å². The average molecular weight is 264 g/mol. The van der Waals surface area contributed by atoms with Gasteiger partial charge in [-0.15, -0.1) is 0 Å². The number of nitro benzene ring substituents is 1. The van der Waals surface area contributed by atoms with Crippen LogP contribution >= 0.6 is 0 Å². The van der Waals surface area contributed by atoms with Crippen molar-refractivity contribution >= 4 is 11.4 Å². The molecule has 5 heteroatoms. The van der Waals surface area contributed by atoms with E-state index >= 15 is 0 Å². The van der Waals surface area contributed by atoms with E-state index in [1.165, 1.54) is 6.42 Å². The smallest absolute Gasteiger partial charge is 0.274 e. The van der Waals surface area contributed by atoms with Crippen LogP contribution in [-0.4, -0.2) is 24.2 Å². The Kier molecular flexibility index (Phi) is 4.74. The predicted octanol–water partition coefficient (Wildman–Crippen LogP) is 3.27. The Labute approximate surface area is 113 Å². The lowest BCUT2D eigenvalue weighted by atomic mass is 10.1. The normalized spacial score (nSPS) is 19.1. The Bertz CT molecular complexity index is 442. The molecule has 1 atom stereocenters. The number of hydrogen-bond acceptors (Lipinski definition) is 4. The van der Waals surface area contributed by atoms with E-state index in [4.69, 9.17) is 4.74 Å². The van der Waals surface area contributed by atoms with Crippen LogP contribution in [0.3, 0.4) is 0 Å². The van der Waals surface area contributed by atoms with E-state index in [0.717, 1.165) is 38.1 Å². The van der Waals surface area contributed by atoms with Gasteiger partial charge in [0.15, 0.2) is 0 Å². The summed E-state index contributed by atoms with van der Waals surface area (Å²) >= 11 is 0. The molecule has 2 rings (SSSR count). The average Bonchev–Trinajstić information content (AvgIpc) is 2.41. The Morgan fingerprint density at radius 3 is 3.00 bits per heavy atom. The summed E-state index contributed by atoms with van der Waals surface area (Å²) in [6.45, 7) is 3.39. The van der Waals surface area contributed by atoms with Crippen molar-refractivity contribution < 1.29 is 9.66 Å². The highest BCUT2D eigenvalue weighted by atomic mass is 16.6. The first kappa shape index (κ1) is 13.8. The van der Waals surface area contributed by atoms with Gasteiger partial charge in [0.1, 0.15) is 0 Å². The lowest BCUT2D eigenvalue weighted by molar-refractivity contribution is -0.385. The molecular formula is C14H20N2O3. The summed E-state index contributed by atoms with van der Waals surface area (Å²) in [4.78, 5) is 10.5. The number of benzene rings is 1. The summed E-state index contributed by atoms with van der Waals surface area (Å²) in [6, 6.07) is 5.25. The van der Waals surface area contributed by atoms with Crippen LogP contribution in [0, 0.1) is 17.0 Å². The van der Waals surface area contributed by atoms with Crippen molar-refractivity contribution in [3.05, 3.63) is 33.9 Å². The van der Waals surface area contributed by atoms with Gasteiger partial charge >= 0.3 is 0 Å². The van der Waals surface area contributed by atoms with Crippen LogP contribution in [0.5, 0.6) is 0 Å². The summed E-state index contributed by atoms with van der Waals surface area (Å²) in [5.74, 6) is 0. The summed E-state index contributed by atoms with van der Waals surface area (Å²) in [6.07, 6.45) is 4.80. The minimum absolute atomic E-state index is 0.166. The molecule has 0 saturated carbocycles. The number of nitrogens with zero attached hydrogens (tertiary/aromatic N) is 1. The minimum Gasteiger partial charge on any atom is -0.385 e. The van der Waals surface area contributed by atoms with Crippen LogP contribution in [0.1, 0.15) is 31.2 Å². The third-order valence-electron chi connectivity index (χ3n) is 3.48. The third-order valence-corrected chi connectivity index (χ3v) is 3.48. The van der Waals surface area contributed by atoms with E-state index in [1.54, 1.807) is 19.1 Å². The first-order valence-corrected chi connectivity index (χ1v) is 6.77. The zero-order chi connectivity index (χ0) is 13.7. The molecule has 1 aromatic rings. The van der Waals surface area contributed by atoms with Gasteiger partial charge in [-0.2, -0.15) is 0 Å². The second kappa shape index (κ2) is 6.52. The molecule has 1 aliphatic heterocycles. The quantitative estimate of drug-likeness (QED) is 0.654. The SMILES string of the molecule is Cc1ccc(NCCC2CCCCO2)cc1[N+](=O)[O-]. The number of hydrogen-bond donors (Lipinski definition) is 1. The van der Waals surface area contributed by atoms with Gasteiger partial charge in [-0.25, -0.2) is 0 Å². The number of nitrogens with one attached hydrogen (secondary N) is 1. The lowest BCUT2D eigenvalue weighted by Crippen LogP contribution is -2.21. The Balaban J connectivity index is 1.85. The van der Waals surface area contributed by atoms with Crippen LogP contribution in [0.2, 0.25) is 0 Å². The molecule has 0 amide bonds. The van der Waals surface area contributed by atoms with Crippen LogP contribution in [0.15, 0.2) is 18.2 Å². The highest BCUT2D eigenvalue weighted by Gasteiger charge is 2.14. The fourth-order valence-corrected chi connectivity index (χ4v) is 2.33. The van der Waals surface area contributed by atoms with Gasteiger partial charge in [-0.3, -0.25) is 10.1 Å². The molecule has 0 spiro atoms.